The van der Waals surface area contributed by atoms with Gasteiger partial charge in [0.05, 0.1) is 26.7 Å². The molecule has 0 saturated carbocycles. The second-order valence-electron chi connectivity index (χ2n) is 6.77. The van der Waals surface area contributed by atoms with Gasteiger partial charge in [0.15, 0.2) is 5.96 Å². The number of guanidine groups is 1. The van der Waals surface area contributed by atoms with Crippen molar-refractivity contribution < 1.29 is 19.0 Å². The highest BCUT2D eigenvalue weighted by Crippen LogP contribution is 2.18. The standard InChI is InChI=1S/C21H33N3O4.HI/c1-4-22-21(24-13-10-18(11-14-24)20(25)27-3)23-12-5-15-28-16-17-6-8-19(26-2)9-7-17;/h6-9,18H,4-5,10-16H2,1-3H3,(H,22,23);1H. The maximum atomic E-state index is 11.7. The molecule has 1 N–H and O–H groups in total. The van der Waals surface area contributed by atoms with Crippen LogP contribution in [0.1, 0.15) is 31.7 Å². The summed E-state index contributed by atoms with van der Waals surface area (Å²) in [7, 11) is 3.12. The van der Waals surface area contributed by atoms with Gasteiger partial charge < -0.3 is 24.4 Å². The van der Waals surface area contributed by atoms with Gasteiger partial charge in [0.25, 0.3) is 0 Å². The number of esters is 1. The predicted molar refractivity (Wildman–Crippen MR) is 125 cm³/mol. The second kappa shape index (κ2) is 14.4. The lowest BCUT2D eigenvalue weighted by Gasteiger charge is -2.33. The minimum atomic E-state index is -0.101. The summed E-state index contributed by atoms with van der Waals surface area (Å²) in [6.07, 6.45) is 2.48. The van der Waals surface area contributed by atoms with Gasteiger partial charge in [-0.2, -0.15) is 0 Å². The summed E-state index contributed by atoms with van der Waals surface area (Å²) in [6, 6.07) is 7.90. The summed E-state index contributed by atoms with van der Waals surface area (Å²) in [5, 5.41) is 3.35. The average Bonchev–Trinajstić information content (AvgIpc) is 2.75. The lowest BCUT2D eigenvalue weighted by molar-refractivity contribution is -0.146. The number of carbonyl (C=O) groups is 1. The Balaban J connectivity index is 0.00000420. The maximum Gasteiger partial charge on any atom is 0.308 e. The van der Waals surface area contributed by atoms with Crippen molar-refractivity contribution in [1.29, 1.82) is 0 Å². The van der Waals surface area contributed by atoms with Crippen LogP contribution in [0.2, 0.25) is 0 Å². The van der Waals surface area contributed by atoms with Crippen molar-refractivity contribution in [1.82, 2.24) is 10.2 Å². The smallest absolute Gasteiger partial charge is 0.308 e. The van der Waals surface area contributed by atoms with E-state index in [0.29, 0.717) is 19.8 Å². The fraction of sp³-hybridized carbons (Fsp3) is 0.619. The molecule has 164 valence electrons. The molecular weight excluding hydrogens is 485 g/mol. The van der Waals surface area contributed by atoms with E-state index in [1.54, 1.807) is 7.11 Å². The third-order valence-corrected chi connectivity index (χ3v) is 4.80. The number of hydrogen-bond acceptors (Lipinski definition) is 5. The van der Waals surface area contributed by atoms with Gasteiger partial charge in [-0.1, -0.05) is 12.1 Å². The van der Waals surface area contributed by atoms with E-state index in [1.807, 2.05) is 24.3 Å². The number of rotatable bonds is 9. The number of ether oxygens (including phenoxy) is 3. The van der Waals surface area contributed by atoms with Gasteiger partial charge in [0, 0.05) is 32.8 Å². The molecule has 29 heavy (non-hydrogen) atoms. The Labute approximate surface area is 191 Å². The molecule has 0 spiro atoms. The van der Waals surface area contributed by atoms with Crippen LogP contribution in [-0.4, -0.2) is 63.8 Å². The van der Waals surface area contributed by atoms with Gasteiger partial charge in [-0.25, -0.2) is 0 Å². The zero-order valence-corrected chi connectivity index (χ0v) is 20.0. The van der Waals surface area contributed by atoms with E-state index >= 15 is 0 Å². The van der Waals surface area contributed by atoms with Crippen LogP contribution in [0.3, 0.4) is 0 Å². The number of piperidine rings is 1. The van der Waals surface area contributed by atoms with Crippen molar-refractivity contribution in [2.75, 3.05) is 47.0 Å². The van der Waals surface area contributed by atoms with Gasteiger partial charge in [-0.15, -0.1) is 24.0 Å². The minimum absolute atomic E-state index is 0. The zero-order chi connectivity index (χ0) is 20.2. The Kier molecular flexibility index (Phi) is 12.7. The number of hydrogen-bond donors (Lipinski definition) is 1. The summed E-state index contributed by atoms with van der Waals surface area (Å²) in [6.45, 7) is 6.49. The van der Waals surface area contributed by atoms with E-state index < -0.39 is 0 Å². The van der Waals surface area contributed by atoms with Gasteiger partial charge >= 0.3 is 5.97 Å². The molecule has 1 aromatic rings. The number of methoxy groups -OCH3 is 2. The summed E-state index contributed by atoms with van der Waals surface area (Å²) < 4.78 is 15.7. The van der Waals surface area contributed by atoms with Crippen LogP contribution < -0.4 is 10.1 Å². The van der Waals surface area contributed by atoms with Crippen LogP contribution in [0.5, 0.6) is 5.75 Å². The van der Waals surface area contributed by atoms with Crippen LogP contribution in [0.4, 0.5) is 0 Å². The summed E-state index contributed by atoms with van der Waals surface area (Å²) in [5.41, 5.74) is 1.13. The first-order chi connectivity index (χ1) is 13.7. The molecular formula is C21H34IN3O4. The molecule has 0 amide bonds. The molecule has 0 radical (unpaired) electrons. The van der Waals surface area contributed by atoms with Crippen LogP contribution in [0.15, 0.2) is 29.3 Å². The van der Waals surface area contributed by atoms with E-state index in [4.69, 9.17) is 19.2 Å². The number of halogens is 1. The highest BCUT2D eigenvalue weighted by molar-refractivity contribution is 14.0. The van der Waals surface area contributed by atoms with E-state index in [9.17, 15) is 4.79 Å². The Morgan fingerprint density at radius 3 is 2.48 bits per heavy atom. The van der Waals surface area contributed by atoms with Gasteiger partial charge in [0.2, 0.25) is 0 Å². The number of benzene rings is 1. The molecule has 0 aliphatic carbocycles. The Bertz CT molecular complexity index is 617. The van der Waals surface area contributed by atoms with Crippen LogP contribution >= 0.6 is 24.0 Å². The molecule has 2 rings (SSSR count). The highest BCUT2D eigenvalue weighted by atomic mass is 127. The van der Waals surface area contributed by atoms with E-state index in [-0.39, 0.29) is 35.9 Å². The molecule has 8 heteroatoms. The highest BCUT2D eigenvalue weighted by Gasteiger charge is 2.26. The van der Waals surface area contributed by atoms with Crippen molar-refractivity contribution in [3.63, 3.8) is 0 Å². The Morgan fingerprint density at radius 1 is 1.21 bits per heavy atom. The lowest BCUT2D eigenvalue weighted by atomic mass is 9.97. The van der Waals surface area contributed by atoms with E-state index in [1.165, 1.54) is 7.11 Å². The molecule has 0 bridgehead atoms. The molecule has 1 fully saturated rings. The summed E-state index contributed by atoms with van der Waals surface area (Å²) >= 11 is 0. The van der Waals surface area contributed by atoms with E-state index in [2.05, 4.69) is 17.1 Å². The van der Waals surface area contributed by atoms with Crippen LogP contribution in [0.25, 0.3) is 0 Å². The molecule has 1 saturated heterocycles. The van der Waals surface area contributed by atoms with Gasteiger partial charge in [0.1, 0.15) is 5.75 Å². The molecule has 1 heterocycles. The first-order valence-corrected chi connectivity index (χ1v) is 9.99. The van der Waals surface area contributed by atoms with Crippen molar-refractivity contribution >= 4 is 35.9 Å². The summed E-state index contributed by atoms with van der Waals surface area (Å²) in [5.74, 6) is 1.68. The third-order valence-electron chi connectivity index (χ3n) is 4.80. The van der Waals surface area contributed by atoms with Crippen LogP contribution in [-0.2, 0) is 20.9 Å². The Morgan fingerprint density at radius 2 is 1.90 bits per heavy atom. The fourth-order valence-electron chi connectivity index (χ4n) is 3.18. The van der Waals surface area contributed by atoms with Crippen molar-refractivity contribution in [2.45, 2.75) is 32.8 Å². The molecule has 1 aliphatic rings. The Hall–Kier alpha value is -1.55. The molecule has 0 aromatic heterocycles. The first-order valence-electron chi connectivity index (χ1n) is 9.99. The molecule has 1 aliphatic heterocycles. The zero-order valence-electron chi connectivity index (χ0n) is 17.7. The van der Waals surface area contributed by atoms with Crippen molar-refractivity contribution in [3.8, 4) is 5.75 Å². The average molecular weight is 519 g/mol. The van der Waals surface area contributed by atoms with E-state index in [0.717, 1.165) is 56.2 Å². The van der Waals surface area contributed by atoms with Gasteiger partial charge in [-0.05, 0) is 43.9 Å². The minimum Gasteiger partial charge on any atom is -0.497 e. The monoisotopic (exact) mass is 519 g/mol. The molecule has 0 unspecified atom stereocenters. The first kappa shape index (κ1) is 25.5. The number of likely N-dealkylation sites (tertiary alicyclic amines) is 1. The normalized spacial score (nSPS) is 14.9. The molecule has 0 atom stereocenters. The number of aliphatic imine (C=N–C) groups is 1. The number of nitrogens with zero attached hydrogens (tertiary/aromatic N) is 2. The number of nitrogens with one attached hydrogen (secondary N) is 1. The van der Waals surface area contributed by atoms with Gasteiger partial charge in [-0.3, -0.25) is 9.79 Å². The van der Waals surface area contributed by atoms with Crippen LogP contribution in [0, 0.1) is 5.92 Å². The second-order valence-corrected chi connectivity index (χ2v) is 6.77. The molecule has 1 aromatic carbocycles. The predicted octanol–water partition coefficient (Wildman–Crippen LogP) is 3.07. The van der Waals surface area contributed by atoms with Crippen molar-refractivity contribution in [3.05, 3.63) is 29.8 Å². The quantitative estimate of drug-likeness (QED) is 0.178. The summed E-state index contributed by atoms with van der Waals surface area (Å²) in [4.78, 5) is 18.6. The topological polar surface area (TPSA) is 72.4 Å². The van der Waals surface area contributed by atoms with Crippen molar-refractivity contribution in [2.24, 2.45) is 10.9 Å². The molecule has 7 nitrogen and oxygen atoms in total. The largest absolute Gasteiger partial charge is 0.497 e. The number of carbonyl (C=O) groups excluding carboxylic acids is 1. The third kappa shape index (κ3) is 8.77. The fourth-order valence-corrected chi connectivity index (χ4v) is 3.18. The maximum absolute atomic E-state index is 11.7. The lowest BCUT2D eigenvalue weighted by Crippen LogP contribution is -2.46. The SMILES string of the molecule is CCNC(=NCCCOCc1ccc(OC)cc1)N1CCC(C(=O)OC)CC1.I.